The Hall–Kier alpha value is -1.90. The molecule has 0 N–H and O–H groups in total. The molecule has 3 nitrogen and oxygen atoms in total. The summed E-state index contributed by atoms with van der Waals surface area (Å²) in [6, 6.07) is 11.1. The number of aryl methyl sites for hydroxylation is 2. The topological polar surface area (TPSA) is 34.9 Å². The minimum Gasteiger partial charge on any atom is -0.316 e. The lowest BCUT2D eigenvalue weighted by Gasteiger charge is -1.98. The van der Waals surface area contributed by atoms with E-state index in [2.05, 4.69) is 4.98 Å². The van der Waals surface area contributed by atoms with Crippen LogP contribution < -0.4 is 5.56 Å². The van der Waals surface area contributed by atoms with E-state index in [0.717, 1.165) is 11.4 Å². The summed E-state index contributed by atoms with van der Waals surface area (Å²) in [4.78, 5) is 14.8. The van der Waals surface area contributed by atoms with Gasteiger partial charge in [0.15, 0.2) is 0 Å². The standard InChI is InChI=1S/C7H9NO.C6H7N.C2H6/c1-6-4-3-5-7(9)8(6)2;1-6-4-2-3-5-7-6;1-2/h3-5H,1-2H3;2-5H,1H3;1-2H3. The lowest BCUT2D eigenvalue weighted by Crippen LogP contribution is -2.16. The Morgan fingerprint density at radius 3 is 2.00 bits per heavy atom. The van der Waals surface area contributed by atoms with Gasteiger partial charge < -0.3 is 4.57 Å². The molecule has 0 aromatic carbocycles. The molecule has 0 radical (unpaired) electrons. The predicted octanol–water partition coefficient (Wildman–Crippen LogP) is 3.11. The molecule has 0 fully saturated rings. The van der Waals surface area contributed by atoms with Crippen molar-refractivity contribution in [2.75, 3.05) is 0 Å². The van der Waals surface area contributed by atoms with Gasteiger partial charge >= 0.3 is 0 Å². The van der Waals surface area contributed by atoms with Crippen LogP contribution >= 0.6 is 0 Å². The molecule has 2 aromatic heterocycles. The zero-order valence-electron chi connectivity index (χ0n) is 11.8. The molecule has 18 heavy (non-hydrogen) atoms. The second-order valence-electron chi connectivity index (χ2n) is 3.54. The van der Waals surface area contributed by atoms with Gasteiger partial charge in [-0.2, -0.15) is 0 Å². The molecule has 3 heteroatoms. The van der Waals surface area contributed by atoms with Crippen molar-refractivity contribution in [1.82, 2.24) is 9.55 Å². The second-order valence-corrected chi connectivity index (χ2v) is 3.54. The Morgan fingerprint density at radius 2 is 1.67 bits per heavy atom. The van der Waals surface area contributed by atoms with Crippen LogP contribution in [0.3, 0.4) is 0 Å². The Balaban J connectivity index is 0.000000289. The van der Waals surface area contributed by atoms with Gasteiger partial charge in [-0.05, 0) is 32.0 Å². The lowest BCUT2D eigenvalue weighted by atomic mass is 10.4. The number of rotatable bonds is 0. The highest BCUT2D eigenvalue weighted by Crippen LogP contribution is 1.87. The molecule has 2 heterocycles. The van der Waals surface area contributed by atoms with E-state index in [4.69, 9.17) is 0 Å². The minimum atomic E-state index is 0.0509. The van der Waals surface area contributed by atoms with Gasteiger partial charge in [-0.1, -0.05) is 26.0 Å². The smallest absolute Gasteiger partial charge is 0.250 e. The van der Waals surface area contributed by atoms with Crippen molar-refractivity contribution < 1.29 is 0 Å². The van der Waals surface area contributed by atoms with Gasteiger partial charge in [-0.15, -0.1) is 0 Å². The van der Waals surface area contributed by atoms with E-state index in [1.165, 1.54) is 0 Å². The van der Waals surface area contributed by atoms with Gasteiger partial charge in [-0.3, -0.25) is 9.78 Å². The molecule has 0 saturated carbocycles. The summed E-state index contributed by atoms with van der Waals surface area (Å²) in [5.41, 5.74) is 2.11. The molecule has 0 spiro atoms. The molecule has 98 valence electrons. The van der Waals surface area contributed by atoms with Crippen molar-refractivity contribution in [2.24, 2.45) is 7.05 Å². The third kappa shape index (κ3) is 5.99. The van der Waals surface area contributed by atoms with Gasteiger partial charge in [0.05, 0.1) is 0 Å². The van der Waals surface area contributed by atoms with Crippen LogP contribution in [0.4, 0.5) is 0 Å². The number of aromatic nitrogens is 2. The van der Waals surface area contributed by atoms with Gasteiger partial charge in [0.25, 0.3) is 0 Å². The minimum absolute atomic E-state index is 0.0509. The van der Waals surface area contributed by atoms with Crippen LogP contribution in [-0.4, -0.2) is 9.55 Å². The van der Waals surface area contributed by atoms with E-state index in [0.29, 0.717) is 0 Å². The molecule has 2 rings (SSSR count). The largest absolute Gasteiger partial charge is 0.316 e. The molecular formula is C15H22N2O. The van der Waals surface area contributed by atoms with E-state index in [9.17, 15) is 4.79 Å². The maximum atomic E-state index is 10.8. The first-order valence-corrected chi connectivity index (χ1v) is 6.11. The maximum absolute atomic E-state index is 10.8. The highest BCUT2D eigenvalue weighted by atomic mass is 16.1. The first-order chi connectivity index (χ1) is 8.61. The van der Waals surface area contributed by atoms with Crippen molar-refractivity contribution in [1.29, 1.82) is 0 Å². The summed E-state index contributed by atoms with van der Waals surface area (Å²) >= 11 is 0. The molecule has 0 aliphatic carbocycles. The fourth-order valence-corrected chi connectivity index (χ4v) is 1.12. The molecule has 0 saturated heterocycles. The van der Waals surface area contributed by atoms with Crippen molar-refractivity contribution in [2.45, 2.75) is 27.7 Å². The Labute approximate surface area is 109 Å². The van der Waals surface area contributed by atoms with Gasteiger partial charge in [0.1, 0.15) is 0 Å². The van der Waals surface area contributed by atoms with Crippen molar-refractivity contribution in [3.05, 3.63) is 64.3 Å². The SMILES string of the molecule is CC.Cc1cccc(=O)n1C.Cc1ccccn1. The molecule has 0 atom stereocenters. The van der Waals surface area contributed by atoms with Gasteiger partial charge in [-0.25, -0.2) is 0 Å². The molecule has 0 amide bonds. The van der Waals surface area contributed by atoms with Crippen LogP contribution in [-0.2, 0) is 7.05 Å². The average molecular weight is 246 g/mol. The predicted molar refractivity (Wildman–Crippen MR) is 76.7 cm³/mol. The van der Waals surface area contributed by atoms with Crippen LogP contribution in [0.2, 0.25) is 0 Å². The fraction of sp³-hybridized carbons (Fsp3) is 0.333. The Morgan fingerprint density at radius 1 is 1.00 bits per heavy atom. The van der Waals surface area contributed by atoms with E-state index in [1.807, 2.05) is 52.0 Å². The first-order valence-electron chi connectivity index (χ1n) is 6.11. The highest BCUT2D eigenvalue weighted by molar-refractivity contribution is 5.03. The van der Waals surface area contributed by atoms with E-state index in [-0.39, 0.29) is 5.56 Å². The Kier molecular flexibility index (Phi) is 8.20. The fourth-order valence-electron chi connectivity index (χ4n) is 1.12. The van der Waals surface area contributed by atoms with Crippen molar-refractivity contribution in [3.63, 3.8) is 0 Å². The number of hydrogen-bond acceptors (Lipinski definition) is 2. The van der Waals surface area contributed by atoms with Crippen LogP contribution in [0, 0.1) is 13.8 Å². The summed E-state index contributed by atoms with van der Waals surface area (Å²) < 4.78 is 1.61. The van der Waals surface area contributed by atoms with Crippen molar-refractivity contribution >= 4 is 0 Å². The van der Waals surface area contributed by atoms with Gasteiger partial charge in [0.2, 0.25) is 5.56 Å². The number of hydrogen-bond donors (Lipinski definition) is 0. The zero-order chi connectivity index (χ0) is 14.0. The second kappa shape index (κ2) is 9.16. The monoisotopic (exact) mass is 246 g/mol. The number of pyridine rings is 2. The summed E-state index contributed by atoms with van der Waals surface area (Å²) in [7, 11) is 1.76. The average Bonchev–Trinajstić information content (AvgIpc) is 2.40. The van der Waals surface area contributed by atoms with E-state index < -0.39 is 0 Å². The van der Waals surface area contributed by atoms with Gasteiger partial charge in [0, 0.05) is 30.7 Å². The van der Waals surface area contributed by atoms with E-state index >= 15 is 0 Å². The summed E-state index contributed by atoms with van der Waals surface area (Å²) in [6.45, 7) is 7.88. The van der Waals surface area contributed by atoms with Crippen molar-refractivity contribution in [3.8, 4) is 0 Å². The van der Waals surface area contributed by atoms with Crippen LogP contribution in [0.15, 0.2) is 47.4 Å². The molecular weight excluding hydrogens is 224 g/mol. The Bertz CT molecular complexity index is 489. The first kappa shape index (κ1) is 16.1. The normalized spacial score (nSPS) is 8.50. The number of nitrogens with zero attached hydrogens (tertiary/aromatic N) is 2. The zero-order valence-corrected chi connectivity index (χ0v) is 11.8. The third-order valence-corrected chi connectivity index (χ3v) is 2.25. The quantitative estimate of drug-likeness (QED) is 0.716. The van der Waals surface area contributed by atoms with E-state index in [1.54, 1.807) is 29.9 Å². The lowest BCUT2D eigenvalue weighted by molar-refractivity contribution is 0.818. The summed E-state index contributed by atoms with van der Waals surface area (Å²) in [6.07, 6.45) is 1.79. The molecule has 0 aliphatic rings. The third-order valence-electron chi connectivity index (χ3n) is 2.25. The van der Waals surface area contributed by atoms with Crippen LogP contribution in [0.1, 0.15) is 25.2 Å². The maximum Gasteiger partial charge on any atom is 0.250 e. The molecule has 0 unspecified atom stereocenters. The van der Waals surface area contributed by atoms with Crippen LogP contribution in [0.25, 0.3) is 0 Å². The summed E-state index contributed by atoms with van der Waals surface area (Å²) in [5, 5.41) is 0. The summed E-state index contributed by atoms with van der Waals surface area (Å²) in [5.74, 6) is 0. The molecule has 0 bridgehead atoms. The molecule has 2 aromatic rings. The molecule has 0 aliphatic heterocycles. The highest BCUT2D eigenvalue weighted by Gasteiger charge is 1.88. The van der Waals surface area contributed by atoms with Crippen LogP contribution in [0.5, 0.6) is 0 Å².